The van der Waals surface area contributed by atoms with Crippen LogP contribution < -0.4 is 5.32 Å². The minimum Gasteiger partial charge on any atom is -0.375 e. The van der Waals surface area contributed by atoms with Crippen LogP contribution in [-0.4, -0.2) is 25.3 Å². The Morgan fingerprint density at radius 3 is 2.89 bits per heavy atom. The van der Waals surface area contributed by atoms with Crippen molar-refractivity contribution in [1.29, 1.82) is 0 Å². The average molecular weight is 129 g/mol. The highest BCUT2D eigenvalue weighted by atomic mass is 16.5. The van der Waals surface area contributed by atoms with Crippen molar-refractivity contribution in [2.75, 3.05) is 13.2 Å². The lowest BCUT2D eigenvalue weighted by Gasteiger charge is -2.27. The molecule has 2 atom stereocenters. The van der Waals surface area contributed by atoms with Crippen LogP contribution in [0.15, 0.2) is 0 Å². The van der Waals surface area contributed by atoms with E-state index in [-0.39, 0.29) is 0 Å². The van der Waals surface area contributed by atoms with Gasteiger partial charge in [0.05, 0.1) is 12.7 Å². The number of ether oxygens (including phenoxy) is 1. The third-order valence-electron chi connectivity index (χ3n) is 1.73. The van der Waals surface area contributed by atoms with Crippen LogP contribution in [0.25, 0.3) is 0 Å². The minimum atomic E-state index is 0.459. The predicted octanol–water partition coefficient (Wildman–Crippen LogP) is 0.773. The first-order valence-corrected chi connectivity index (χ1v) is 3.68. The molecule has 0 bridgehead atoms. The van der Waals surface area contributed by atoms with E-state index in [2.05, 4.69) is 19.2 Å². The van der Waals surface area contributed by atoms with E-state index < -0.39 is 0 Å². The summed E-state index contributed by atoms with van der Waals surface area (Å²) in [7, 11) is 0. The monoisotopic (exact) mass is 129 g/mol. The minimum absolute atomic E-state index is 0.459. The largest absolute Gasteiger partial charge is 0.375 e. The Labute approximate surface area is 56.6 Å². The molecule has 0 amide bonds. The van der Waals surface area contributed by atoms with Crippen LogP contribution in [0.3, 0.4) is 0 Å². The molecular weight excluding hydrogens is 114 g/mol. The van der Waals surface area contributed by atoms with Gasteiger partial charge in [-0.2, -0.15) is 0 Å². The van der Waals surface area contributed by atoms with Gasteiger partial charge in [0.15, 0.2) is 0 Å². The molecule has 0 spiro atoms. The molecule has 1 aliphatic heterocycles. The van der Waals surface area contributed by atoms with E-state index in [1.807, 2.05) is 0 Å². The molecule has 9 heavy (non-hydrogen) atoms. The van der Waals surface area contributed by atoms with Crippen molar-refractivity contribution in [2.45, 2.75) is 32.4 Å². The van der Waals surface area contributed by atoms with Crippen LogP contribution in [0.5, 0.6) is 0 Å². The quantitative estimate of drug-likeness (QED) is 0.564. The van der Waals surface area contributed by atoms with E-state index in [0.717, 1.165) is 19.6 Å². The second-order valence-electron chi connectivity index (χ2n) is 2.67. The second-order valence-corrected chi connectivity index (χ2v) is 2.67. The van der Waals surface area contributed by atoms with Gasteiger partial charge >= 0.3 is 0 Å². The van der Waals surface area contributed by atoms with E-state index in [0.29, 0.717) is 12.1 Å². The fourth-order valence-electron chi connectivity index (χ4n) is 0.993. The second kappa shape index (κ2) is 3.18. The van der Waals surface area contributed by atoms with Crippen LogP contribution >= 0.6 is 0 Å². The molecular formula is C7H15NO. The van der Waals surface area contributed by atoms with Crippen LogP contribution in [-0.2, 0) is 4.74 Å². The van der Waals surface area contributed by atoms with Gasteiger partial charge in [-0.15, -0.1) is 0 Å². The van der Waals surface area contributed by atoms with E-state index in [4.69, 9.17) is 4.74 Å². The summed E-state index contributed by atoms with van der Waals surface area (Å²) in [6.45, 7) is 6.20. The molecule has 0 aliphatic carbocycles. The van der Waals surface area contributed by atoms with Crippen molar-refractivity contribution in [1.82, 2.24) is 5.32 Å². The highest BCUT2D eigenvalue weighted by Gasteiger charge is 2.14. The van der Waals surface area contributed by atoms with Crippen LogP contribution in [0, 0.1) is 0 Å². The van der Waals surface area contributed by atoms with Crippen molar-refractivity contribution in [3.05, 3.63) is 0 Å². The Morgan fingerprint density at radius 1 is 1.67 bits per heavy atom. The molecule has 1 N–H and O–H groups in total. The molecule has 0 aromatic heterocycles. The molecule has 0 saturated carbocycles. The first-order chi connectivity index (χ1) is 4.33. The number of hydrogen-bond donors (Lipinski definition) is 1. The number of morpholine rings is 1. The summed E-state index contributed by atoms with van der Waals surface area (Å²) in [4.78, 5) is 0. The fourth-order valence-corrected chi connectivity index (χ4v) is 0.993. The summed E-state index contributed by atoms with van der Waals surface area (Å²) in [5.41, 5.74) is 0. The average Bonchev–Trinajstić information content (AvgIpc) is 1.90. The zero-order valence-electron chi connectivity index (χ0n) is 6.18. The highest BCUT2D eigenvalue weighted by Crippen LogP contribution is 2.02. The van der Waals surface area contributed by atoms with Crippen molar-refractivity contribution >= 4 is 0 Å². The zero-order valence-corrected chi connectivity index (χ0v) is 6.18. The smallest absolute Gasteiger partial charge is 0.0697 e. The topological polar surface area (TPSA) is 21.3 Å². The van der Waals surface area contributed by atoms with Gasteiger partial charge in [-0.3, -0.25) is 0 Å². The Bertz CT molecular complexity index is 77.0. The van der Waals surface area contributed by atoms with Gasteiger partial charge in [0.1, 0.15) is 0 Å². The molecule has 0 radical (unpaired) electrons. The lowest BCUT2D eigenvalue weighted by molar-refractivity contribution is 0.00650. The molecule has 1 heterocycles. The maximum atomic E-state index is 5.48. The lowest BCUT2D eigenvalue weighted by atomic mass is 10.2. The van der Waals surface area contributed by atoms with Gasteiger partial charge in [-0.05, 0) is 13.3 Å². The Balaban J connectivity index is 2.18. The van der Waals surface area contributed by atoms with E-state index in [1.54, 1.807) is 0 Å². The number of rotatable bonds is 1. The van der Waals surface area contributed by atoms with Crippen LogP contribution in [0.1, 0.15) is 20.3 Å². The molecule has 1 rings (SSSR count). The van der Waals surface area contributed by atoms with E-state index in [1.165, 1.54) is 0 Å². The maximum Gasteiger partial charge on any atom is 0.0697 e. The Hall–Kier alpha value is -0.0800. The molecule has 2 nitrogen and oxygen atoms in total. The lowest BCUT2D eigenvalue weighted by Crippen LogP contribution is -2.44. The van der Waals surface area contributed by atoms with Gasteiger partial charge in [-0.25, -0.2) is 0 Å². The maximum absolute atomic E-state index is 5.48. The summed E-state index contributed by atoms with van der Waals surface area (Å²) in [6.07, 6.45) is 1.58. The fraction of sp³-hybridized carbons (Fsp3) is 1.00. The predicted molar refractivity (Wildman–Crippen MR) is 37.5 cm³/mol. The molecule has 1 aliphatic rings. The van der Waals surface area contributed by atoms with Gasteiger partial charge in [0.25, 0.3) is 0 Å². The van der Waals surface area contributed by atoms with Gasteiger partial charge < -0.3 is 10.1 Å². The Kier molecular flexibility index (Phi) is 2.49. The van der Waals surface area contributed by atoms with Crippen molar-refractivity contribution in [2.24, 2.45) is 0 Å². The van der Waals surface area contributed by atoms with Crippen LogP contribution in [0.4, 0.5) is 0 Å². The van der Waals surface area contributed by atoms with Gasteiger partial charge in [0.2, 0.25) is 0 Å². The molecule has 2 heteroatoms. The summed E-state index contributed by atoms with van der Waals surface area (Å²) in [5, 5.41) is 3.36. The summed E-state index contributed by atoms with van der Waals surface area (Å²) in [6, 6.07) is 0.549. The standard InChI is InChI=1S/C7H15NO/c1-3-7-4-8-6(2)5-9-7/h6-8H,3-5H2,1-2H3/t6-,7+/m1/s1. The molecule has 0 aromatic rings. The van der Waals surface area contributed by atoms with Crippen molar-refractivity contribution in [3.63, 3.8) is 0 Å². The summed E-state index contributed by atoms with van der Waals surface area (Å²) < 4.78 is 5.48. The SMILES string of the molecule is CC[C@H]1CN[C@H](C)CO1. The normalized spacial score (nSPS) is 36.7. The van der Waals surface area contributed by atoms with Crippen molar-refractivity contribution in [3.8, 4) is 0 Å². The summed E-state index contributed by atoms with van der Waals surface area (Å²) >= 11 is 0. The first kappa shape index (κ1) is 7.03. The van der Waals surface area contributed by atoms with E-state index >= 15 is 0 Å². The van der Waals surface area contributed by atoms with E-state index in [9.17, 15) is 0 Å². The molecule has 1 fully saturated rings. The van der Waals surface area contributed by atoms with Gasteiger partial charge in [0, 0.05) is 12.6 Å². The van der Waals surface area contributed by atoms with Gasteiger partial charge in [-0.1, -0.05) is 6.92 Å². The number of nitrogens with one attached hydrogen (secondary N) is 1. The number of hydrogen-bond acceptors (Lipinski definition) is 2. The molecule has 54 valence electrons. The first-order valence-electron chi connectivity index (χ1n) is 3.68. The van der Waals surface area contributed by atoms with Crippen molar-refractivity contribution < 1.29 is 4.74 Å². The zero-order chi connectivity index (χ0) is 6.69. The summed E-state index contributed by atoms with van der Waals surface area (Å²) in [5.74, 6) is 0. The third-order valence-corrected chi connectivity index (χ3v) is 1.73. The Morgan fingerprint density at radius 2 is 2.44 bits per heavy atom. The molecule has 0 aromatic carbocycles. The molecule has 0 unspecified atom stereocenters. The highest BCUT2D eigenvalue weighted by molar-refractivity contribution is 4.70. The van der Waals surface area contributed by atoms with Crippen LogP contribution in [0.2, 0.25) is 0 Å². The molecule has 1 saturated heterocycles. The third kappa shape index (κ3) is 1.95.